The molecule has 1 aromatic carbocycles. The Morgan fingerprint density at radius 3 is 2.94 bits per heavy atom. The number of methoxy groups -OCH3 is 1. The summed E-state index contributed by atoms with van der Waals surface area (Å²) in [5.74, 6) is 0.720. The van der Waals surface area contributed by atoms with Crippen molar-refractivity contribution < 1.29 is 4.74 Å². The molecule has 2 rings (SSSR count). The Bertz CT molecular complexity index is 518. The third-order valence-corrected chi connectivity index (χ3v) is 4.01. The molecule has 96 valence electrons. The third-order valence-electron chi connectivity index (χ3n) is 2.55. The lowest BCUT2D eigenvalue weighted by molar-refractivity contribution is 0.113. The van der Waals surface area contributed by atoms with E-state index in [0.29, 0.717) is 0 Å². The van der Waals surface area contributed by atoms with Gasteiger partial charge in [-0.2, -0.15) is 4.37 Å². The molecule has 4 nitrogen and oxygen atoms in total. The lowest BCUT2D eigenvalue weighted by atomic mass is 10.2. The fraction of sp³-hybridized carbons (Fsp3) is 0.333. The molecule has 18 heavy (non-hydrogen) atoms. The van der Waals surface area contributed by atoms with Gasteiger partial charge in [-0.15, -0.1) is 0 Å². The number of benzene rings is 1. The van der Waals surface area contributed by atoms with Crippen LogP contribution in [0.3, 0.4) is 0 Å². The number of aromatic nitrogens is 2. The van der Waals surface area contributed by atoms with Crippen LogP contribution < -0.4 is 5.32 Å². The van der Waals surface area contributed by atoms with Crippen molar-refractivity contribution >= 4 is 32.6 Å². The topological polar surface area (TPSA) is 47.0 Å². The number of rotatable bonds is 5. The Morgan fingerprint density at radius 2 is 2.22 bits per heavy atom. The Labute approximate surface area is 119 Å². The number of ether oxygens (including phenoxy) is 1. The molecule has 0 saturated carbocycles. The van der Waals surface area contributed by atoms with Gasteiger partial charge in [-0.1, -0.05) is 34.1 Å². The van der Waals surface area contributed by atoms with Crippen LogP contribution in [0.25, 0.3) is 0 Å². The highest BCUT2D eigenvalue weighted by atomic mass is 79.9. The van der Waals surface area contributed by atoms with Crippen molar-refractivity contribution in [2.24, 2.45) is 0 Å². The monoisotopic (exact) mass is 327 g/mol. The molecule has 6 heteroatoms. The number of hydrogen-bond acceptors (Lipinski definition) is 5. The number of hydrogen-bond donors (Lipinski definition) is 1. The molecule has 0 saturated heterocycles. The predicted octanol–water partition coefficient (Wildman–Crippen LogP) is 3.62. The molecule has 0 aliphatic carbocycles. The van der Waals surface area contributed by atoms with E-state index in [1.807, 2.05) is 25.1 Å². The van der Waals surface area contributed by atoms with Gasteiger partial charge in [0.25, 0.3) is 0 Å². The van der Waals surface area contributed by atoms with Gasteiger partial charge in [0, 0.05) is 29.7 Å². The normalized spacial score (nSPS) is 12.4. The van der Waals surface area contributed by atoms with Gasteiger partial charge in [-0.25, -0.2) is 4.98 Å². The van der Waals surface area contributed by atoms with Crippen LogP contribution in [0.15, 0.2) is 28.7 Å². The van der Waals surface area contributed by atoms with Crippen molar-refractivity contribution in [3.8, 4) is 0 Å². The van der Waals surface area contributed by atoms with E-state index in [2.05, 4.69) is 36.7 Å². The largest absolute Gasteiger partial charge is 0.374 e. The SMILES string of the molecule is COC(C)c1nsc(NCc2ccccc2Br)n1. The van der Waals surface area contributed by atoms with E-state index >= 15 is 0 Å². The highest BCUT2D eigenvalue weighted by molar-refractivity contribution is 9.10. The quantitative estimate of drug-likeness (QED) is 0.911. The van der Waals surface area contributed by atoms with Crippen LogP contribution in [0.4, 0.5) is 5.13 Å². The molecule has 0 fully saturated rings. The van der Waals surface area contributed by atoms with Crippen LogP contribution in [0.1, 0.15) is 24.4 Å². The maximum atomic E-state index is 5.18. The van der Waals surface area contributed by atoms with E-state index < -0.39 is 0 Å². The third kappa shape index (κ3) is 3.28. The van der Waals surface area contributed by atoms with Gasteiger partial charge in [0.15, 0.2) is 5.82 Å². The van der Waals surface area contributed by atoms with Crippen LogP contribution in [0.2, 0.25) is 0 Å². The van der Waals surface area contributed by atoms with Crippen LogP contribution in [-0.2, 0) is 11.3 Å². The number of nitrogens with one attached hydrogen (secondary N) is 1. The molecule has 1 N–H and O–H groups in total. The van der Waals surface area contributed by atoms with Crippen LogP contribution in [-0.4, -0.2) is 16.5 Å². The minimum Gasteiger partial charge on any atom is -0.374 e. The second-order valence-electron chi connectivity index (χ2n) is 3.78. The van der Waals surface area contributed by atoms with E-state index in [-0.39, 0.29) is 6.10 Å². The first-order valence-electron chi connectivity index (χ1n) is 5.54. The molecular formula is C12H14BrN3OS. The van der Waals surface area contributed by atoms with Crippen molar-refractivity contribution in [3.63, 3.8) is 0 Å². The maximum absolute atomic E-state index is 5.18. The Balaban J connectivity index is 1.98. The van der Waals surface area contributed by atoms with Crippen molar-refractivity contribution in [3.05, 3.63) is 40.1 Å². The van der Waals surface area contributed by atoms with Crippen LogP contribution >= 0.6 is 27.5 Å². The first-order chi connectivity index (χ1) is 8.70. The second kappa shape index (κ2) is 6.26. The fourth-order valence-electron chi connectivity index (χ4n) is 1.39. The zero-order valence-corrected chi connectivity index (χ0v) is 12.6. The fourth-order valence-corrected chi connectivity index (χ4v) is 2.46. The highest BCUT2D eigenvalue weighted by Crippen LogP contribution is 2.21. The summed E-state index contributed by atoms with van der Waals surface area (Å²) in [4.78, 5) is 4.38. The Morgan fingerprint density at radius 1 is 1.44 bits per heavy atom. The van der Waals surface area contributed by atoms with Crippen LogP contribution in [0.5, 0.6) is 0 Å². The molecule has 2 aromatic rings. The lowest BCUT2D eigenvalue weighted by Crippen LogP contribution is -2.01. The summed E-state index contributed by atoms with van der Waals surface area (Å²) in [6.45, 7) is 2.65. The molecule has 0 radical (unpaired) electrons. The van der Waals surface area contributed by atoms with Crippen LogP contribution in [0, 0.1) is 0 Å². The molecule has 0 bridgehead atoms. The lowest BCUT2D eigenvalue weighted by Gasteiger charge is -2.05. The molecule has 0 aliphatic rings. The number of anilines is 1. The average molecular weight is 328 g/mol. The zero-order chi connectivity index (χ0) is 13.0. The van der Waals surface area contributed by atoms with E-state index in [1.54, 1.807) is 7.11 Å². The van der Waals surface area contributed by atoms with Crippen molar-refractivity contribution in [1.82, 2.24) is 9.36 Å². The second-order valence-corrected chi connectivity index (χ2v) is 5.39. The van der Waals surface area contributed by atoms with Gasteiger partial charge >= 0.3 is 0 Å². The van der Waals surface area contributed by atoms with Gasteiger partial charge in [0.1, 0.15) is 6.10 Å². The minimum atomic E-state index is -0.0692. The number of halogens is 1. The predicted molar refractivity (Wildman–Crippen MR) is 76.8 cm³/mol. The molecule has 1 atom stereocenters. The first kappa shape index (κ1) is 13.5. The molecule has 1 aromatic heterocycles. The zero-order valence-electron chi connectivity index (χ0n) is 10.2. The molecule has 0 spiro atoms. The summed E-state index contributed by atoms with van der Waals surface area (Å²) in [7, 11) is 1.65. The summed E-state index contributed by atoms with van der Waals surface area (Å²) >= 11 is 4.87. The summed E-state index contributed by atoms with van der Waals surface area (Å²) in [5, 5.41) is 4.07. The van der Waals surface area contributed by atoms with Gasteiger partial charge in [0.05, 0.1) is 0 Å². The smallest absolute Gasteiger partial charge is 0.202 e. The summed E-state index contributed by atoms with van der Waals surface area (Å²) in [5.41, 5.74) is 1.19. The van der Waals surface area contributed by atoms with Gasteiger partial charge < -0.3 is 10.1 Å². The van der Waals surface area contributed by atoms with Gasteiger partial charge in [0.2, 0.25) is 5.13 Å². The molecule has 1 heterocycles. The summed E-state index contributed by atoms with van der Waals surface area (Å²) in [6.07, 6.45) is -0.0692. The molecule has 1 unspecified atom stereocenters. The number of nitrogens with zero attached hydrogens (tertiary/aromatic N) is 2. The van der Waals surface area contributed by atoms with E-state index in [0.717, 1.165) is 22.0 Å². The van der Waals surface area contributed by atoms with Crippen molar-refractivity contribution in [1.29, 1.82) is 0 Å². The maximum Gasteiger partial charge on any atom is 0.202 e. The van der Waals surface area contributed by atoms with Crippen molar-refractivity contribution in [2.75, 3.05) is 12.4 Å². The van der Waals surface area contributed by atoms with E-state index in [4.69, 9.17) is 4.74 Å². The van der Waals surface area contributed by atoms with Gasteiger partial charge in [-0.05, 0) is 18.6 Å². The Hall–Kier alpha value is -0.980. The Kier molecular flexibility index (Phi) is 4.68. The molecule has 0 amide bonds. The molecular weight excluding hydrogens is 314 g/mol. The minimum absolute atomic E-state index is 0.0692. The summed E-state index contributed by atoms with van der Waals surface area (Å²) in [6, 6.07) is 8.10. The molecule has 0 aliphatic heterocycles. The summed E-state index contributed by atoms with van der Waals surface area (Å²) < 4.78 is 10.5. The highest BCUT2D eigenvalue weighted by Gasteiger charge is 2.10. The standard InChI is InChI=1S/C12H14BrN3OS/c1-8(17-2)11-15-12(18-16-11)14-7-9-5-3-4-6-10(9)13/h3-6,8H,7H2,1-2H3,(H,14,15,16). The van der Waals surface area contributed by atoms with E-state index in [1.165, 1.54) is 17.1 Å². The van der Waals surface area contributed by atoms with Gasteiger partial charge in [-0.3, -0.25) is 0 Å². The average Bonchev–Trinajstić information content (AvgIpc) is 2.86. The first-order valence-corrected chi connectivity index (χ1v) is 7.11. The van der Waals surface area contributed by atoms with E-state index in [9.17, 15) is 0 Å². The van der Waals surface area contributed by atoms with Crippen molar-refractivity contribution in [2.45, 2.75) is 19.6 Å².